The summed E-state index contributed by atoms with van der Waals surface area (Å²) in [5.41, 5.74) is 4.26. The number of aryl methyl sites for hydroxylation is 2. The van der Waals surface area contributed by atoms with Crippen molar-refractivity contribution in [3.63, 3.8) is 0 Å². The topological polar surface area (TPSA) is 91.5 Å². The highest BCUT2D eigenvalue weighted by Gasteiger charge is 2.40. The van der Waals surface area contributed by atoms with Gasteiger partial charge in [0.2, 0.25) is 0 Å². The highest BCUT2D eigenvalue weighted by Crippen LogP contribution is 2.39. The van der Waals surface area contributed by atoms with E-state index in [0.717, 1.165) is 66.4 Å². The molecule has 4 rings (SSSR count). The molecular weight excluding hydrogens is 592 g/mol. The molecule has 0 amide bonds. The molecule has 1 atom stereocenters. The number of anilines is 1. The van der Waals surface area contributed by atoms with Crippen molar-refractivity contribution in [2.24, 2.45) is 5.41 Å². The number of benzene rings is 1. The molecule has 44 heavy (non-hydrogen) atoms. The van der Waals surface area contributed by atoms with Crippen LogP contribution in [-0.4, -0.2) is 55.4 Å². The van der Waals surface area contributed by atoms with Gasteiger partial charge in [-0.25, -0.2) is 9.97 Å². The summed E-state index contributed by atoms with van der Waals surface area (Å²) in [6.45, 7) is 25.9. The first-order valence-corrected chi connectivity index (χ1v) is 19.0. The molecule has 0 bridgehead atoms. The average Bonchev–Trinajstić information content (AvgIpc) is 3.24. The number of aromatic nitrogens is 3. The van der Waals surface area contributed by atoms with Crippen molar-refractivity contribution in [1.82, 2.24) is 15.1 Å². The molecule has 242 valence electrons. The molecule has 3 aromatic rings. The molecule has 0 spiro atoms. The molecule has 10 heteroatoms. The van der Waals surface area contributed by atoms with Crippen molar-refractivity contribution in [1.29, 1.82) is 0 Å². The molecule has 1 N–H and O–H groups in total. The number of nitrogens with one attached hydrogen (secondary N) is 1. The molecule has 1 fully saturated rings. The smallest absolute Gasteiger partial charge is 0.192 e. The Labute approximate surface area is 269 Å². The lowest BCUT2D eigenvalue weighted by Gasteiger charge is -2.40. The Bertz CT molecular complexity index is 1420. The Morgan fingerprint density at radius 2 is 1.70 bits per heavy atom. The van der Waals surface area contributed by atoms with E-state index >= 15 is 0 Å². The van der Waals surface area contributed by atoms with Crippen LogP contribution in [0.15, 0.2) is 22.7 Å². The molecule has 0 aliphatic carbocycles. The third-order valence-electron chi connectivity index (χ3n) is 8.65. The van der Waals surface area contributed by atoms with Gasteiger partial charge >= 0.3 is 0 Å². The average molecular weight is 643 g/mol. The Balaban J connectivity index is 1.69. The summed E-state index contributed by atoms with van der Waals surface area (Å²) in [7, 11) is -2.01. The van der Waals surface area contributed by atoms with Crippen LogP contribution in [0.3, 0.4) is 0 Å². The third-order valence-corrected chi connectivity index (χ3v) is 13.4. The standard InChI is InChI=1S/C34H51ClN4O4Si/c1-21-30(29-22(2)39-42-23(29)3)37-32(38-31(21)36-26-12-14-40-15-13-26)24-16-25(35)18-27(17-24)41-20-28(19-33(4,5)6)43-44(10,11)34(7,8)9/h16-18,26,28H,12-15,19-20H2,1-11H3,(H,36,37,38). The van der Waals surface area contributed by atoms with Crippen molar-refractivity contribution in [2.75, 3.05) is 25.1 Å². The van der Waals surface area contributed by atoms with Gasteiger partial charge in [-0.1, -0.05) is 58.3 Å². The SMILES string of the molecule is Cc1noc(C)c1-c1nc(-c2cc(Cl)cc(OCC(CC(C)(C)C)O[Si](C)(C)C(C)(C)C)c2)nc(NC2CCOCC2)c1C. The second-order valence-corrected chi connectivity index (χ2v) is 20.0. The molecule has 0 radical (unpaired) electrons. The van der Waals surface area contributed by atoms with Gasteiger partial charge in [0.05, 0.1) is 23.1 Å². The highest BCUT2D eigenvalue weighted by atomic mass is 35.5. The minimum absolute atomic E-state index is 0.0460. The van der Waals surface area contributed by atoms with Gasteiger partial charge in [-0.2, -0.15) is 0 Å². The van der Waals surface area contributed by atoms with Gasteiger partial charge in [0.25, 0.3) is 0 Å². The van der Waals surface area contributed by atoms with Crippen molar-refractivity contribution in [2.45, 2.75) is 112 Å². The zero-order chi connectivity index (χ0) is 32.4. The van der Waals surface area contributed by atoms with Gasteiger partial charge < -0.3 is 23.7 Å². The minimum atomic E-state index is -2.01. The van der Waals surface area contributed by atoms with E-state index in [0.29, 0.717) is 29.0 Å². The highest BCUT2D eigenvalue weighted by molar-refractivity contribution is 6.74. The zero-order valence-electron chi connectivity index (χ0n) is 28.5. The summed E-state index contributed by atoms with van der Waals surface area (Å²) >= 11 is 6.69. The van der Waals surface area contributed by atoms with Crippen LogP contribution in [0, 0.1) is 26.2 Å². The lowest BCUT2D eigenvalue weighted by atomic mass is 9.89. The zero-order valence-corrected chi connectivity index (χ0v) is 30.2. The summed E-state index contributed by atoms with van der Waals surface area (Å²) in [5, 5.41) is 8.51. The molecule has 1 saturated heterocycles. The quantitative estimate of drug-likeness (QED) is 0.219. The number of hydrogen-bond donors (Lipinski definition) is 1. The Kier molecular flexibility index (Phi) is 10.5. The maximum atomic E-state index is 6.85. The predicted octanol–water partition coefficient (Wildman–Crippen LogP) is 9.17. The Hall–Kier alpha value is -2.46. The first kappa shape index (κ1) is 34.4. The lowest BCUT2D eigenvalue weighted by molar-refractivity contribution is 0.0789. The van der Waals surface area contributed by atoms with E-state index in [1.165, 1.54) is 0 Å². The molecule has 2 aromatic heterocycles. The number of halogens is 1. The summed E-state index contributed by atoms with van der Waals surface area (Å²) in [6.07, 6.45) is 2.67. The van der Waals surface area contributed by atoms with Crippen molar-refractivity contribution in [3.05, 3.63) is 40.2 Å². The monoisotopic (exact) mass is 642 g/mol. The van der Waals surface area contributed by atoms with Gasteiger partial charge in [-0.15, -0.1) is 0 Å². The largest absolute Gasteiger partial charge is 0.491 e. The van der Waals surface area contributed by atoms with Crippen molar-refractivity contribution < 1.29 is 18.4 Å². The number of ether oxygens (including phenoxy) is 2. The summed E-state index contributed by atoms with van der Waals surface area (Å²) in [4.78, 5) is 10.1. The third kappa shape index (κ3) is 8.62. The summed E-state index contributed by atoms with van der Waals surface area (Å²) < 4.78 is 24.4. The van der Waals surface area contributed by atoms with Crippen LogP contribution < -0.4 is 10.1 Å². The van der Waals surface area contributed by atoms with E-state index in [4.69, 9.17) is 40.0 Å². The fourth-order valence-electron chi connectivity index (χ4n) is 5.26. The van der Waals surface area contributed by atoms with Crippen molar-refractivity contribution >= 4 is 25.7 Å². The fraction of sp³-hybridized carbons (Fsp3) is 0.618. The van der Waals surface area contributed by atoms with Crippen LogP contribution in [-0.2, 0) is 9.16 Å². The van der Waals surface area contributed by atoms with Gasteiger partial charge in [-0.05, 0) is 81.8 Å². The van der Waals surface area contributed by atoms with Gasteiger partial charge in [0.1, 0.15) is 23.9 Å². The number of rotatable bonds is 10. The lowest BCUT2D eigenvalue weighted by Crippen LogP contribution is -2.46. The van der Waals surface area contributed by atoms with Crippen LogP contribution in [0.4, 0.5) is 5.82 Å². The van der Waals surface area contributed by atoms with Gasteiger partial charge in [0, 0.05) is 35.4 Å². The van der Waals surface area contributed by atoms with Crippen molar-refractivity contribution in [3.8, 4) is 28.4 Å². The van der Waals surface area contributed by atoms with E-state index in [9.17, 15) is 0 Å². The van der Waals surface area contributed by atoms with Crippen LogP contribution in [0.5, 0.6) is 5.75 Å². The fourth-order valence-corrected chi connectivity index (χ4v) is 6.82. The second kappa shape index (κ2) is 13.5. The first-order chi connectivity index (χ1) is 20.4. The number of hydrogen-bond acceptors (Lipinski definition) is 8. The molecule has 8 nitrogen and oxygen atoms in total. The first-order valence-electron chi connectivity index (χ1n) is 15.7. The maximum absolute atomic E-state index is 6.85. The molecule has 1 aliphatic heterocycles. The summed E-state index contributed by atoms with van der Waals surface area (Å²) in [5.74, 6) is 2.71. The van der Waals surface area contributed by atoms with E-state index < -0.39 is 8.32 Å². The molecule has 3 heterocycles. The molecule has 0 saturated carbocycles. The molecular formula is C34H51ClN4O4Si. The second-order valence-electron chi connectivity index (χ2n) is 14.9. The van der Waals surface area contributed by atoms with Gasteiger partial charge in [0.15, 0.2) is 14.1 Å². The van der Waals surface area contributed by atoms with Gasteiger partial charge in [-0.3, -0.25) is 0 Å². The summed E-state index contributed by atoms with van der Waals surface area (Å²) in [6, 6.07) is 5.96. The van der Waals surface area contributed by atoms with Crippen LogP contribution in [0.1, 0.15) is 77.8 Å². The maximum Gasteiger partial charge on any atom is 0.192 e. The number of nitrogens with zero attached hydrogens (tertiary/aromatic N) is 3. The molecule has 1 aromatic carbocycles. The van der Waals surface area contributed by atoms with E-state index in [1.54, 1.807) is 0 Å². The van der Waals surface area contributed by atoms with E-state index in [-0.39, 0.29) is 22.6 Å². The van der Waals surface area contributed by atoms with Crippen LogP contribution in [0.25, 0.3) is 22.6 Å². The normalized spacial score (nSPS) is 15.8. The van der Waals surface area contributed by atoms with E-state index in [2.05, 4.69) is 65.1 Å². The Morgan fingerprint density at radius 1 is 1.02 bits per heavy atom. The Morgan fingerprint density at radius 3 is 2.30 bits per heavy atom. The predicted molar refractivity (Wildman–Crippen MR) is 181 cm³/mol. The molecule has 1 aliphatic rings. The van der Waals surface area contributed by atoms with Crippen LogP contribution in [0.2, 0.25) is 23.2 Å². The molecule has 1 unspecified atom stereocenters. The van der Waals surface area contributed by atoms with E-state index in [1.807, 2.05) is 39.0 Å². The minimum Gasteiger partial charge on any atom is -0.491 e. The van der Waals surface area contributed by atoms with Crippen LogP contribution >= 0.6 is 11.6 Å².